The molecule has 0 spiro atoms. The number of rotatable bonds is 5. The van der Waals surface area contributed by atoms with E-state index in [1.54, 1.807) is 26.0 Å². The lowest BCUT2D eigenvalue weighted by Crippen LogP contribution is -2.31. The lowest BCUT2D eigenvalue weighted by Gasteiger charge is -2.15. The number of hydrogen-bond acceptors (Lipinski definition) is 4. The Morgan fingerprint density at radius 2 is 2.00 bits per heavy atom. The molecule has 2 aromatic rings. The van der Waals surface area contributed by atoms with Crippen molar-refractivity contribution in [2.75, 3.05) is 6.61 Å². The van der Waals surface area contributed by atoms with E-state index >= 15 is 0 Å². The smallest absolute Gasteiger partial charge is 0.342 e. The highest BCUT2D eigenvalue weighted by Gasteiger charge is 2.17. The van der Waals surface area contributed by atoms with Gasteiger partial charge in [-0.25, -0.2) is 4.79 Å². The second-order valence-electron chi connectivity index (χ2n) is 5.21. The molecule has 6 heteroatoms. The molecule has 122 valence electrons. The van der Waals surface area contributed by atoms with Gasteiger partial charge in [0.2, 0.25) is 0 Å². The van der Waals surface area contributed by atoms with Crippen LogP contribution in [-0.4, -0.2) is 18.5 Å². The van der Waals surface area contributed by atoms with Gasteiger partial charge in [0.25, 0.3) is 5.91 Å². The van der Waals surface area contributed by atoms with Crippen LogP contribution < -0.4 is 5.32 Å². The monoisotopic (exact) mass is 335 g/mol. The van der Waals surface area contributed by atoms with E-state index in [1.165, 1.54) is 0 Å². The molecule has 5 nitrogen and oxygen atoms in total. The molecule has 23 heavy (non-hydrogen) atoms. The normalized spacial score (nSPS) is 11.8. The molecule has 1 amide bonds. The number of aryl methyl sites for hydroxylation is 2. The van der Waals surface area contributed by atoms with Crippen molar-refractivity contribution in [2.45, 2.75) is 26.8 Å². The van der Waals surface area contributed by atoms with Gasteiger partial charge in [0.05, 0.1) is 6.04 Å². The summed E-state index contributed by atoms with van der Waals surface area (Å²) >= 11 is 6.08. The fourth-order valence-corrected chi connectivity index (χ4v) is 2.53. The summed E-state index contributed by atoms with van der Waals surface area (Å²) in [4.78, 5) is 23.8. The van der Waals surface area contributed by atoms with Gasteiger partial charge in [-0.2, -0.15) is 0 Å². The maximum atomic E-state index is 11.9. The van der Waals surface area contributed by atoms with E-state index in [4.69, 9.17) is 20.8 Å². The Morgan fingerprint density at radius 3 is 2.61 bits per heavy atom. The van der Waals surface area contributed by atoms with Crippen LogP contribution in [0.4, 0.5) is 0 Å². The maximum absolute atomic E-state index is 11.9. The van der Waals surface area contributed by atoms with E-state index in [0.717, 1.165) is 5.56 Å². The highest BCUT2D eigenvalue weighted by Crippen LogP contribution is 2.22. The highest BCUT2D eigenvalue weighted by molar-refractivity contribution is 6.31. The Labute approximate surface area is 139 Å². The molecule has 0 bridgehead atoms. The molecule has 1 aromatic heterocycles. The van der Waals surface area contributed by atoms with Crippen LogP contribution in [-0.2, 0) is 9.53 Å². The topological polar surface area (TPSA) is 68.5 Å². The summed E-state index contributed by atoms with van der Waals surface area (Å²) in [5.74, 6) is 0.104. The summed E-state index contributed by atoms with van der Waals surface area (Å²) in [7, 11) is 0. The lowest BCUT2D eigenvalue weighted by atomic mass is 10.1. The van der Waals surface area contributed by atoms with Gasteiger partial charge in [-0.3, -0.25) is 4.79 Å². The molecule has 0 saturated carbocycles. The van der Waals surface area contributed by atoms with Gasteiger partial charge in [-0.1, -0.05) is 29.8 Å². The molecule has 1 heterocycles. The number of carbonyl (C=O) groups excluding carboxylic acids is 2. The second-order valence-corrected chi connectivity index (χ2v) is 5.62. The van der Waals surface area contributed by atoms with Gasteiger partial charge in [-0.05, 0) is 38.5 Å². The maximum Gasteiger partial charge on any atom is 0.342 e. The third kappa shape index (κ3) is 4.36. The van der Waals surface area contributed by atoms with E-state index < -0.39 is 11.9 Å². The standard InChI is InChI=1S/C17H18ClNO4/c1-10-8-14(12(3)23-10)17(21)22-9-16(20)19-11(2)13-6-4-5-7-15(13)18/h4-8,11H,9H2,1-3H3,(H,19,20)/t11-/m1/s1. The van der Waals surface area contributed by atoms with E-state index in [9.17, 15) is 9.59 Å². The van der Waals surface area contributed by atoms with Crippen LogP contribution in [0, 0.1) is 13.8 Å². The minimum atomic E-state index is -0.583. The number of furan rings is 1. The SMILES string of the molecule is Cc1cc(C(=O)OCC(=O)N[C@H](C)c2ccccc2Cl)c(C)o1. The largest absolute Gasteiger partial charge is 0.466 e. The first kappa shape index (κ1) is 17.1. The molecule has 0 aliphatic carbocycles. The number of hydrogen-bond donors (Lipinski definition) is 1. The van der Waals surface area contributed by atoms with Gasteiger partial charge in [0.1, 0.15) is 17.1 Å². The van der Waals surface area contributed by atoms with Gasteiger partial charge < -0.3 is 14.5 Å². The Morgan fingerprint density at radius 1 is 1.30 bits per heavy atom. The van der Waals surface area contributed by atoms with E-state index in [1.807, 2.05) is 25.1 Å². The van der Waals surface area contributed by atoms with Crippen LogP contribution in [0.3, 0.4) is 0 Å². The van der Waals surface area contributed by atoms with Crippen LogP contribution in [0.25, 0.3) is 0 Å². The van der Waals surface area contributed by atoms with Crippen molar-refractivity contribution in [3.63, 3.8) is 0 Å². The predicted molar refractivity (Wildman–Crippen MR) is 86.5 cm³/mol. The predicted octanol–water partition coefficient (Wildman–Crippen LogP) is 3.58. The molecule has 0 unspecified atom stereocenters. The zero-order chi connectivity index (χ0) is 17.0. The third-order valence-corrected chi connectivity index (χ3v) is 3.69. The van der Waals surface area contributed by atoms with Crippen LogP contribution >= 0.6 is 11.6 Å². The van der Waals surface area contributed by atoms with Crippen molar-refractivity contribution in [3.05, 3.63) is 58.0 Å². The minimum Gasteiger partial charge on any atom is -0.466 e. The van der Waals surface area contributed by atoms with Gasteiger partial charge >= 0.3 is 5.97 Å². The number of nitrogens with one attached hydrogen (secondary N) is 1. The van der Waals surface area contributed by atoms with Crippen molar-refractivity contribution in [1.82, 2.24) is 5.32 Å². The summed E-state index contributed by atoms with van der Waals surface area (Å²) in [5.41, 5.74) is 1.13. The molecule has 0 aliphatic heterocycles. The first-order chi connectivity index (χ1) is 10.9. The molecule has 0 radical (unpaired) electrons. The van der Waals surface area contributed by atoms with Crippen LogP contribution in [0.5, 0.6) is 0 Å². The first-order valence-corrected chi connectivity index (χ1v) is 7.54. The molecule has 1 aromatic carbocycles. The molecular weight excluding hydrogens is 318 g/mol. The number of carbonyl (C=O) groups is 2. The quantitative estimate of drug-likeness (QED) is 0.848. The molecule has 1 N–H and O–H groups in total. The summed E-state index contributed by atoms with van der Waals surface area (Å²) in [6, 6.07) is 8.54. The molecule has 1 atom stereocenters. The Balaban J connectivity index is 1.89. The van der Waals surface area contributed by atoms with Crippen LogP contribution in [0.15, 0.2) is 34.7 Å². The molecule has 0 fully saturated rings. The van der Waals surface area contributed by atoms with Crippen molar-refractivity contribution >= 4 is 23.5 Å². The summed E-state index contributed by atoms with van der Waals surface area (Å²) in [6.07, 6.45) is 0. The number of benzene rings is 1. The molecule has 0 aliphatic rings. The zero-order valence-electron chi connectivity index (χ0n) is 13.2. The average Bonchev–Trinajstić information content (AvgIpc) is 2.84. The second kappa shape index (κ2) is 7.33. The fourth-order valence-electron chi connectivity index (χ4n) is 2.23. The zero-order valence-corrected chi connectivity index (χ0v) is 13.9. The first-order valence-electron chi connectivity index (χ1n) is 7.16. The van der Waals surface area contributed by atoms with Crippen LogP contribution in [0.1, 0.15) is 40.4 Å². The summed E-state index contributed by atoms with van der Waals surface area (Å²) in [5, 5.41) is 3.31. The minimum absolute atomic E-state index is 0.284. The summed E-state index contributed by atoms with van der Waals surface area (Å²) in [6.45, 7) is 4.85. The van der Waals surface area contributed by atoms with Crippen molar-refractivity contribution in [3.8, 4) is 0 Å². The van der Waals surface area contributed by atoms with Crippen molar-refractivity contribution in [1.29, 1.82) is 0 Å². The van der Waals surface area contributed by atoms with E-state index in [0.29, 0.717) is 22.1 Å². The fraction of sp³-hybridized carbons (Fsp3) is 0.294. The number of esters is 1. The highest BCUT2D eigenvalue weighted by atomic mass is 35.5. The van der Waals surface area contributed by atoms with Gasteiger partial charge in [0.15, 0.2) is 6.61 Å². The molecule has 2 rings (SSSR count). The average molecular weight is 336 g/mol. The Bertz CT molecular complexity index is 723. The van der Waals surface area contributed by atoms with Crippen LogP contribution in [0.2, 0.25) is 5.02 Å². The number of amides is 1. The van der Waals surface area contributed by atoms with Gasteiger partial charge in [-0.15, -0.1) is 0 Å². The van der Waals surface area contributed by atoms with Crippen molar-refractivity contribution in [2.24, 2.45) is 0 Å². The van der Waals surface area contributed by atoms with Gasteiger partial charge in [0, 0.05) is 5.02 Å². The number of ether oxygens (including phenoxy) is 1. The van der Waals surface area contributed by atoms with Crippen molar-refractivity contribution < 1.29 is 18.7 Å². The van der Waals surface area contributed by atoms with E-state index in [-0.39, 0.29) is 12.6 Å². The molecule has 0 saturated heterocycles. The molecular formula is C17H18ClNO4. The third-order valence-electron chi connectivity index (χ3n) is 3.34. The lowest BCUT2D eigenvalue weighted by molar-refractivity contribution is -0.124. The summed E-state index contributed by atoms with van der Waals surface area (Å²) < 4.78 is 10.3. The number of halogens is 1. The Kier molecular flexibility index (Phi) is 5.45. The van der Waals surface area contributed by atoms with E-state index in [2.05, 4.69) is 5.32 Å². The Hall–Kier alpha value is -2.27.